The van der Waals surface area contributed by atoms with Crippen LogP contribution in [0.25, 0.3) is 0 Å². The number of hydrogen-bond donors (Lipinski definition) is 1. The van der Waals surface area contributed by atoms with E-state index >= 15 is 0 Å². The van der Waals surface area contributed by atoms with Crippen LogP contribution < -0.4 is 9.46 Å². The number of ether oxygens (including phenoxy) is 1. The summed E-state index contributed by atoms with van der Waals surface area (Å²) in [6.07, 6.45) is 1.45. The van der Waals surface area contributed by atoms with E-state index in [0.717, 1.165) is 0 Å². The first-order valence-electron chi connectivity index (χ1n) is 5.20. The number of nitrogens with one attached hydrogen (secondary N) is 1. The third-order valence-corrected chi connectivity index (χ3v) is 3.64. The first-order valence-corrected chi connectivity index (χ1v) is 6.68. The molecule has 0 aliphatic heterocycles. The van der Waals surface area contributed by atoms with Crippen LogP contribution >= 0.6 is 0 Å². The van der Waals surface area contributed by atoms with Crippen molar-refractivity contribution >= 4 is 15.8 Å². The highest BCUT2D eigenvalue weighted by Gasteiger charge is 2.13. The van der Waals surface area contributed by atoms with Gasteiger partial charge in [0.2, 0.25) is 0 Å². The summed E-state index contributed by atoms with van der Waals surface area (Å²) in [7, 11) is -2.07. The lowest BCUT2D eigenvalue weighted by molar-refractivity contribution is 0.413. The molecular weight excluding hydrogens is 252 g/mol. The minimum absolute atomic E-state index is 0.197. The minimum atomic E-state index is -3.59. The molecule has 6 heteroatoms. The van der Waals surface area contributed by atoms with Gasteiger partial charge in [0.05, 0.1) is 18.2 Å². The summed E-state index contributed by atoms with van der Waals surface area (Å²) in [6.45, 7) is 0. The van der Waals surface area contributed by atoms with Gasteiger partial charge in [-0.15, -0.1) is 0 Å². The van der Waals surface area contributed by atoms with Crippen LogP contribution in [0.5, 0.6) is 5.75 Å². The Labute approximate surface area is 105 Å². The zero-order chi connectivity index (χ0) is 13.0. The van der Waals surface area contributed by atoms with Crippen molar-refractivity contribution in [3.05, 3.63) is 48.7 Å². The highest BCUT2D eigenvalue weighted by Crippen LogP contribution is 2.16. The lowest BCUT2D eigenvalue weighted by atomic mass is 10.4. The summed E-state index contributed by atoms with van der Waals surface area (Å²) >= 11 is 0. The lowest BCUT2D eigenvalue weighted by Gasteiger charge is -2.07. The zero-order valence-corrected chi connectivity index (χ0v) is 10.5. The Morgan fingerprint density at radius 2 is 1.83 bits per heavy atom. The predicted molar refractivity (Wildman–Crippen MR) is 68.0 cm³/mol. The molecule has 5 nitrogen and oxygen atoms in total. The Bertz CT molecular complexity index is 610. The van der Waals surface area contributed by atoms with E-state index in [4.69, 9.17) is 4.74 Å². The summed E-state index contributed by atoms with van der Waals surface area (Å²) in [6, 6.07) is 11.3. The third kappa shape index (κ3) is 2.78. The van der Waals surface area contributed by atoms with Gasteiger partial charge < -0.3 is 4.74 Å². The Morgan fingerprint density at radius 3 is 2.39 bits per heavy atom. The quantitative estimate of drug-likeness (QED) is 0.915. The normalized spacial score (nSPS) is 10.9. The largest absolute Gasteiger partial charge is 0.495 e. The predicted octanol–water partition coefficient (Wildman–Crippen LogP) is 1.89. The fraction of sp³-hybridized carbons (Fsp3) is 0.0833. The van der Waals surface area contributed by atoms with E-state index in [9.17, 15) is 8.42 Å². The van der Waals surface area contributed by atoms with Crippen LogP contribution in [0.4, 0.5) is 5.82 Å². The number of pyridine rings is 1. The SMILES string of the molecule is COc1ccc(NS(=O)(=O)c2ccccc2)nc1. The lowest BCUT2D eigenvalue weighted by Crippen LogP contribution is -2.13. The smallest absolute Gasteiger partial charge is 0.263 e. The van der Waals surface area contributed by atoms with E-state index in [2.05, 4.69) is 9.71 Å². The van der Waals surface area contributed by atoms with Crippen molar-refractivity contribution in [3.63, 3.8) is 0 Å². The van der Waals surface area contributed by atoms with Gasteiger partial charge in [0, 0.05) is 0 Å². The third-order valence-electron chi connectivity index (χ3n) is 2.26. The Morgan fingerprint density at radius 1 is 1.11 bits per heavy atom. The second-order valence-corrected chi connectivity index (χ2v) is 5.18. The number of hydrogen-bond acceptors (Lipinski definition) is 4. The van der Waals surface area contributed by atoms with Crippen LogP contribution in [0, 0.1) is 0 Å². The van der Waals surface area contributed by atoms with Gasteiger partial charge in [0.25, 0.3) is 10.0 Å². The van der Waals surface area contributed by atoms with Crippen molar-refractivity contribution in [3.8, 4) is 5.75 Å². The highest BCUT2D eigenvalue weighted by molar-refractivity contribution is 7.92. The van der Waals surface area contributed by atoms with Gasteiger partial charge in [-0.2, -0.15) is 0 Å². The van der Waals surface area contributed by atoms with E-state index in [-0.39, 0.29) is 10.7 Å². The van der Waals surface area contributed by atoms with Gasteiger partial charge in [0.15, 0.2) is 0 Å². The van der Waals surface area contributed by atoms with Gasteiger partial charge in [-0.25, -0.2) is 13.4 Å². The van der Waals surface area contributed by atoms with Gasteiger partial charge in [-0.3, -0.25) is 4.72 Å². The fourth-order valence-corrected chi connectivity index (χ4v) is 2.39. The summed E-state index contributed by atoms with van der Waals surface area (Å²) in [5.74, 6) is 0.817. The van der Waals surface area contributed by atoms with Crippen LogP contribution in [0.1, 0.15) is 0 Å². The zero-order valence-electron chi connectivity index (χ0n) is 9.70. The topological polar surface area (TPSA) is 68.3 Å². The number of aromatic nitrogens is 1. The molecule has 0 amide bonds. The molecule has 2 aromatic rings. The Hall–Kier alpha value is -2.08. The van der Waals surface area contributed by atoms with Crippen molar-refractivity contribution in [1.29, 1.82) is 0 Å². The Balaban J connectivity index is 2.22. The number of methoxy groups -OCH3 is 1. The van der Waals surface area contributed by atoms with Crippen molar-refractivity contribution in [2.75, 3.05) is 11.8 Å². The fourth-order valence-electron chi connectivity index (χ4n) is 1.36. The second-order valence-electron chi connectivity index (χ2n) is 3.50. The number of nitrogens with zero attached hydrogens (tertiary/aromatic N) is 1. The van der Waals surface area contributed by atoms with E-state index in [1.807, 2.05) is 0 Å². The maximum absolute atomic E-state index is 12.0. The highest BCUT2D eigenvalue weighted by atomic mass is 32.2. The molecule has 94 valence electrons. The molecule has 1 aromatic heterocycles. The summed E-state index contributed by atoms with van der Waals surface area (Å²) in [4.78, 5) is 4.14. The standard InChI is InChI=1S/C12H12N2O3S/c1-17-10-7-8-12(13-9-10)14-18(15,16)11-5-3-2-4-6-11/h2-9H,1H3,(H,13,14). The molecule has 0 spiro atoms. The van der Waals surface area contributed by atoms with Crippen molar-refractivity contribution < 1.29 is 13.2 Å². The van der Waals surface area contributed by atoms with Crippen LogP contribution in [-0.2, 0) is 10.0 Å². The van der Waals surface area contributed by atoms with Crippen LogP contribution in [0.3, 0.4) is 0 Å². The molecule has 0 saturated carbocycles. The van der Waals surface area contributed by atoms with Crippen molar-refractivity contribution in [2.24, 2.45) is 0 Å². The molecule has 0 fully saturated rings. The molecule has 0 saturated heterocycles. The summed E-state index contributed by atoms with van der Waals surface area (Å²) in [5.41, 5.74) is 0. The van der Waals surface area contributed by atoms with Crippen molar-refractivity contribution in [1.82, 2.24) is 4.98 Å². The molecule has 18 heavy (non-hydrogen) atoms. The molecule has 1 N–H and O–H groups in total. The van der Waals surface area contributed by atoms with E-state index in [1.165, 1.54) is 25.4 Å². The molecule has 0 bridgehead atoms. The van der Waals surface area contributed by atoms with Gasteiger partial charge in [0.1, 0.15) is 11.6 Å². The molecule has 1 aromatic carbocycles. The molecule has 0 aliphatic rings. The molecule has 1 heterocycles. The minimum Gasteiger partial charge on any atom is -0.495 e. The summed E-state index contributed by atoms with van der Waals surface area (Å²) < 4.78 is 31.3. The van der Waals surface area contributed by atoms with Crippen molar-refractivity contribution in [2.45, 2.75) is 4.90 Å². The first-order chi connectivity index (χ1) is 8.62. The van der Waals surface area contributed by atoms with Gasteiger partial charge in [-0.05, 0) is 24.3 Å². The number of benzene rings is 1. The van der Waals surface area contributed by atoms with Crippen LogP contribution in [0.15, 0.2) is 53.6 Å². The molecule has 0 radical (unpaired) electrons. The van der Waals surface area contributed by atoms with Crippen LogP contribution in [-0.4, -0.2) is 20.5 Å². The summed E-state index contributed by atoms with van der Waals surface area (Å²) in [5, 5.41) is 0. The number of anilines is 1. The first kappa shape index (κ1) is 12.4. The molecule has 0 atom stereocenters. The number of sulfonamides is 1. The molecule has 0 aliphatic carbocycles. The molecule has 2 rings (SSSR count). The maximum atomic E-state index is 12.0. The van der Waals surface area contributed by atoms with E-state index in [0.29, 0.717) is 5.75 Å². The average molecular weight is 264 g/mol. The van der Waals surface area contributed by atoms with Crippen LogP contribution in [0.2, 0.25) is 0 Å². The Kier molecular flexibility index (Phi) is 3.47. The van der Waals surface area contributed by atoms with Gasteiger partial charge >= 0.3 is 0 Å². The second kappa shape index (κ2) is 5.05. The van der Waals surface area contributed by atoms with E-state index in [1.54, 1.807) is 30.3 Å². The molecular formula is C12H12N2O3S. The maximum Gasteiger partial charge on any atom is 0.263 e. The average Bonchev–Trinajstić information content (AvgIpc) is 2.40. The van der Waals surface area contributed by atoms with Gasteiger partial charge in [-0.1, -0.05) is 18.2 Å². The molecule has 0 unspecified atom stereocenters. The number of rotatable bonds is 4. The monoisotopic (exact) mass is 264 g/mol. The van der Waals surface area contributed by atoms with E-state index < -0.39 is 10.0 Å².